The molecule has 2 aromatic heterocycles. The molecule has 0 aliphatic carbocycles. The fraction of sp³-hybridized carbons (Fsp3) is 0.571. The fourth-order valence-corrected chi connectivity index (χ4v) is 2.89. The maximum absolute atomic E-state index is 4.22. The second-order valence-electron chi connectivity index (χ2n) is 5.42. The van der Waals surface area contributed by atoms with Crippen molar-refractivity contribution < 1.29 is 0 Å². The smallest absolute Gasteiger partial charge is 0.0522 e. The van der Waals surface area contributed by atoms with Gasteiger partial charge in [-0.2, -0.15) is 10.2 Å². The third-order valence-electron chi connectivity index (χ3n) is 3.94. The second-order valence-corrected chi connectivity index (χ2v) is 5.42. The van der Waals surface area contributed by atoms with Crippen LogP contribution in [-0.4, -0.2) is 44.5 Å². The first-order chi connectivity index (χ1) is 9.31. The zero-order chi connectivity index (χ0) is 13.1. The summed E-state index contributed by atoms with van der Waals surface area (Å²) in [4.78, 5) is 2.56. The van der Waals surface area contributed by atoms with Crippen molar-refractivity contribution in [1.29, 1.82) is 0 Å². The number of nitrogens with one attached hydrogen (secondary N) is 1. The molecule has 19 heavy (non-hydrogen) atoms. The van der Waals surface area contributed by atoms with Gasteiger partial charge in [-0.1, -0.05) is 0 Å². The Balaban J connectivity index is 1.54. The Labute approximate surface area is 113 Å². The minimum Gasteiger partial charge on any atom is -0.302 e. The highest BCUT2D eigenvalue weighted by Gasteiger charge is 2.21. The van der Waals surface area contributed by atoms with Crippen LogP contribution in [0.1, 0.15) is 30.0 Å². The first-order valence-corrected chi connectivity index (χ1v) is 7.00. The first-order valence-electron chi connectivity index (χ1n) is 7.00. The number of aryl methyl sites for hydroxylation is 1. The van der Waals surface area contributed by atoms with E-state index in [0.717, 1.165) is 19.5 Å². The van der Waals surface area contributed by atoms with Gasteiger partial charge in [-0.3, -0.25) is 9.78 Å². The molecule has 1 N–H and O–H groups in total. The number of hydrogen-bond acceptors (Lipinski definition) is 3. The molecule has 0 spiro atoms. The molecule has 1 saturated heterocycles. The number of nitrogens with zero attached hydrogens (tertiary/aromatic N) is 4. The summed E-state index contributed by atoms with van der Waals surface area (Å²) in [6.07, 6.45) is 9.56. The third-order valence-corrected chi connectivity index (χ3v) is 3.94. The highest BCUT2D eigenvalue weighted by atomic mass is 15.2. The molecule has 0 aromatic carbocycles. The lowest BCUT2D eigenvalue weighted by Crippen LogP contribution is -2.35. The van der Waals surface area contributed by atoms with E-state index in [4.69, 9.17) is 0 Å². The van der Waals surface area contributed by atoms with E-state index in [0.29, 0.717) is 5.92 Å². The Kier molecular flexibility index (Phi) is 3.64. The number of aromatic nitrogens is 4. The predicted octanol–water partition coefficient (Wildman–Crippen LogP) is 1.57. The van der Waals surface area contributed by atoms with Crippen LogP contribution < -0.4 is 0 Å². The van der Waals surface area contributed by atoms with E-state index >= 15 is 0 Å². The van der Waals surface area contributed by atoms with Crippen LogP contribution in [0.2, 0.25) is 0 Å². The van der Waals surface area contributed by atoms with Gasteiger partial charge in [0, 0.05) is 44.1 Å². The molecule has 3 rings (SSSR count). The molecule has 1 aliphatic rings. The molecule has 1 aliphatic heterocycles. The van der Waals surface area contributed by atoms with Crippen molar-refractivity contribution in [1.82, 2.24) is 24.9 Å². The third kappa shape index (κ3) is 3.04. The first kappa shape index (κ1) is 12.4. The van der Waals surface area contributed by atoms with E-state index in [9.17, 15) is 0 Å². The molecule has 0 saturated carbocycles. The van der Waals surface area contributed by atoms with Crippen molar-refractivity contribution in [2.24, 2.45) is 7.05 Å². The van der Waals surface area contributed by atoms with Crippen LogP contribution in [0, 0.1) is 0 Å². The summed E-state index contributed by atoms with van der Waals surface area (Å²) in [5.74, 6) is 0.616. The van der Waals surface area contributed by atoms with E-state index in [1.54, 1.807) is 0 Å². The summed E-state index contributed by atoms with van der Waals surface area (Å²) in [7, 11) is 1.97. The van der Waals surface area contributed by atoms with Crippen LogP contribution in [-0.2, 0) is 13.5 Å². The van der Waals surface area contributed by atoms with Crippen LogP contribution in [0.5, 0.6) is 0 Å². The number of piperidine rings is 1. The standard InChI is InChI=1S/C14H21N5/c1-18-10-12(9-16-18)5-8-19-7-2-3-13(11-19)14-4-6-15-17-14/h4,6,9-10,13H,2-3,5,7-8,11H2,1H3,(H,15,17). The summed E-state index contributed by atoms with van der Waals surface area (Å²) in [5, 5.41) is 11.4. The van der Waals surface area contributed by atoms with Gasteiger partial charge in [0.25, 0.3) is 0 Å². The highest BCUT2D eigenvalue weighted by Crippen LogP contribution is 2.25. The van der Waals surface area contributed by atoms with Crippen molar-refractivity contribution in [3.05, 3.63) is 35.9 Å². The Morgan fingerprint density at radius 2 is 2.42 bits per heavy atom. The van der Waals surface area contributed by atoms with Crippen molar-refractivity contribution in [2.45, 2.75) is 25.2 Å². The molecular weight excluding hydrogens is 238 g/mol. The van der Waals surface area contributed by atoms with Crippen molar-refractivity contribution >= 4 is 0 Å². The molecule has 5 heteroatoms. The van der Waals surface area contributed by atoms with Crippen molar-refractivity contribution in [3.8, 4) is 0 Å². The summed E-state index contributed by atoms with van der Waals surface area (Å²) in [6, 6.07) is 2.11. The Morgan fingerprint density at radius 1 is 1.47 bits per heavy atom. The second kappa shape index (κ2) is 5.57. The quantitative estimate of drug-likeness (QED) is 0.906. The normalized spacial score (nSPS) is 20.8. The molecule has 0 amide bonds. The summed E-state index contributed by atoms with van der Waals surface area (Å²) < 4.78 is 1.87. The lowest BCUT2D eigenvalue weighted by molar-refractivity contribution is 0.208. The number of hydrogen-bond donors (Lipinski definition) is 1. The Morgan fingerprint density at radius 3 is 3.16 bits per heavy atom. The average Bonchev–Trinajstić information content (AvgIpc) is 3.08. The van der Waals surface area contributed by atoms with Gasteiger partial charge < -0.3 is 4.90 Å². The topological polar surface area (TPSA) is 49.7 Å². The molecule has 0 radical (unpaired) electrons. The van der Waals surface area contributed by atoms with Gasteiger partial charge in [0.2, 0.25) is 0 Å². The highest BCUT2D eigenvalue weighted by molar-refractivity contribution is 5.08. The van der Waals surface area contributed by atoms with Gasteiger partial charge >= 0.3 is 0 Å². The van der Waals surface area contributed by atoms with Crippen LogP contribution in [0.15, 0.2) is 24.7 Å². The number of aromatic amines is 1. The SMILES string of the molecule is Cn1cc(CCN2CCCC(c3ccn[nH]3)C2)cn1. The van der Waals surface area contributed by atoms with Gasteiger partial charge in [0.1, 0.15) is 0 Å². The molecular formula is C14H21N5. The Bertz CT molecular complexity index is 502. The maximum Gasteiger partial charge on any atom is 0.0522 e. The van der Waals surface area contributed by atoms with Gasteiger partial charge in [-0.05, 0) is 37.4 Å². The van der Waals surface area contributed by atoms with Crippen molar-refractivity contribution in [2.75, 3.05) is 19.6 Å². The number of likely N-dealkylation sites (tertiary alicyclic amines) is 1. The molecule has 0 bridgehead atoms. The maximum atomic E-state index is 4.22. The van der Waals surface area contributed by atoms with Crippen molar-refractivity contribution in [3.63, 3.8) is 0 Å². The average molecular weight is 259 g/mol. The van der Waals surface area contributed by atoms with E-state index in [1.165, 1.54) is 30.6 Å². The minimum atomic E-state index is 0.616. The number of H-pyrrole nitrogens is 1. The molecule has 5 nitrogen and oxygen atoms in total. The molecule has 1 fully saturated rings. The lowest BCUT2D eigenvalue weighted by Gasteiger charge is -2.32. The largest absolute Gasteiger partial charge is 0.302 e. The van der Waals surface area contributed by atoms with E-state index in [-0.39, 0.29) is 0 Å². The summed E-state index contributed by atoms with van der Waals surface area (Å²) >= 11 is 0. The predicted molar refractivity (Wildman–Crippen MR) is 73.9 cm³/mol. The monoisotopic (exact) mass is 259 g/mol. The zero-order valence-electron chi connectivity index (χ0n) is 11.4. The number of rotatable bonds is 4. The molecule has 1 unspecified atom stereocenters. The van der Waals surface area contributed by atoms with Crippen LogP contribution >= 0.6 is 0 Å². The van der Waals surface area contributed by atoms with E-state index in [1.807, 2.05) is 24.1 Å². The van der Waals surface area contributed by atoms with Crippen LogP contribution in [0.3, 0.4) is 0 Å². The minimum absolute atomic E-state index is 0.616. The molecule has 3 heterocycles. The summed E-state index contributed by atoms with van der Waals surface area (Å²) in [5.41, 5.74) is 2.61. The van der Waals surface area contributed by atoms with Gasteiger partial charge in [-0.25, -0.2) is 0 Å². The molecule has 102 valence electrons. The van der Waals surface area contributed by atoms with Crippen LogP contribution in [0.4, 0.5) is 0 Å². The van der Waals surface area contributed by atoms with E-state index in [2.05, 4.69) is 32.5 Å². The molecule has 2 aromatic rings. The summed E-state index contributed by atoms with van der Waals surface area (Å²) in [6.45, 7) is 3.48. The lowest BCUT2D eigenvalue weighted by atomic mass is 9.95. The van der Waals surface area contributed by atoms with Gasteiger partial charge in [0.15, 0.2) is 0 Å². The fourth-order valence-electron chi connectivity index (χ4n) is 2.89. The van der Waals surface area contributed by atoms with Crippen LogP contribution in [0.25, 0.3) is 0 Å². The zero-order valence-corrected chi connectivity index (χ0v) is 11.4. The Hall–Kier alpha value is -1.62. The van der Waals surface area contributed by atoms with Gasteiger partial charge in [0.05, 0.1) is 6.20 Å². The van der Waals surface area contributed by atoms with E-state index < -0.39 is 0 Å². The van der Waals surface area contributed by atoms with Gasteiger partial charge in [-0.15, -0.1) is 0 Å². The molecule has 1 atom stereocenters.